The van der Waals surface area contributed by atoms with Gasteiger partial charge in [-0.2, -0.15) is 13.2 Å². The molecule has 0 fully saturated rings. The van der Waals surface area contributed by atoms with Gasteiger partial charge in [-0.15, -0.1) is 0 Å². The van der Waals surface area contributed by atoms with Crippen LogP contribution in [0.3, 0.4) is 0 Å². The summed E-state index contributed by atoms with van der Waals surface area (Å²) in [5.41, 5.74) is 4.69. The van der Waals surface area contributed by atoms with Gasteiger partial charge in [-0.05, 0) is 25.5 Å². The number of carbonyl (C=O) groups excluding carboxylic acids is 1. The van der Waals surface area contributed by atoms with Crippen LogP contribution in [0.15, 0.2) is 24.3 Å². The average molecular weight is 332 g/mol. The summed E-state index contributed by atoms with van der Waals surface area (Å²) in [7, 11) is 0. The van der Waals surface area contributed by atoms with E-state index in [-0.39, 0.29) is 18.3 Å². The summed E-state index contributed by atoms with van der Waals surface area (Å²) in [5, 5.41) is 2.71. The van der Waals surface area contributed by atoms with Crippen molar-refractivity contribution in [2.24, 2.45) is 5.73 Å². The molecule has 2 unspecified atom stereocenters. The van der Waals surface area contributed by atoms with Crippen LogP contribution in [0.5, 0.6) is 5.75 Å². The van der Waals surface area contributed by atoms with Gasteiger partial charge in [0.25, 0.3) is 5.91 Å². The fraction of sp³-hybridized carbons (Fsp3) is 0.562. The molecule has 4 nitrogen and oxygen atoms in total. The van der Waals surface area contributed by atoms with Crippen LogP contribution in [-0.4, -0.2) is 24.6 Å². The molecule has 0 aliphatic heterocycles. The summed E-state index contributed by atoms with van der Waals surface area (Å²) in [5.74, 6) is -0.839. The van der Waals surface area contributed by atoms with Gasteiger partial charge < -0.3 is 15.8 Å². The maximum Gasteiger partial charge on any atom is 0.419 e. The first-order valence-electron chi connectivity index (χ1n) is 7.62. The van der Waals surface area contributed by atoms with E-state index in [4.69, 9.17) is 10.5 Å². The molecule has 23 heavy (non-hydrogen) atoms. The highest BCUT2D eigenvalue weighted by Crippen LogP contribution is 2.36. The summed E-state index contributed by atoms with van der Waals surface area (Å²) in [4.78, 5) is 12.1. The summed E-state index contributed by atoms with van der Waals surface area (Å²) in [6, 6.07) is 4.62. The third kappa shape index (κ3) is 6.09. The number of amides is 1. The Labute approximate surface area is 134 Å². The van der Waals surface area contributed by atoms with Crippen LogP contribution in [0.1, 0.15) is 38.7 Å². The number of benzene rings is 1. The molecule has 130 valence electrons. The van der Waals surface area contributed by atoms with Crippen molar-refractivity contribution in [2.45, 2.75) is 51.4 Å². The van der Waals surface area contributed by atoms with Gasteiger partial charge in [0, 0.05) is 12.6 Å². The second kappa shape index (κ2) is 8.76. The molecule has 1 aromatic carbocycles. The number of nitrogens with two attached hydrogens (primary N) is 1. The smallest absolute Gasteiger partial charge is 0.419 e. The number of hydrogen-bond acceptors (Lipinski definition) is 3. The number of rotatable bonds is 8. The Morgan fingerprint density at radius 2 is 2.00 bits per heavy atom. The van der Waals surface area contributed by atoms with E-state index in [9.17, 15) is 18.0 Å². The van der Waals surface area contributed by atoms with Gasteiger partial charge in [-0.3, -0.25) is 4.79 Å². The first-order chi connectivity index (χ1) is 10.8. The van der Waals surface area contributed by atoms with Crippen molar-refractivity contribution in [1.82, 2.24) is 5.32 Å². The van der Waals surface area contributed by atoms with Crippen molar-refractivity contribution in [2.75, 3.05) is 6.54 Å². The molecule has 3 N–H and O–H groups in total. The maximum absolute atomic E-state index is 12.9. The highest BCUT2D eigenvalue weighted by Gasteiger charge is 2.34. The van der Waals surface area contributed by atoms with E-state index in [2.05, 4.69) is 5.32 Å². The number of ether oxygens (including phenoxy) is 1. The fourth-order valence-electron chi connectivity index (χ4n) is 2.07. The van der Waals surface area contributed by atoms with Crippen LogP contribution >= 0.6 is 0 Å². The number of unbranched alkanes of at least 4 members (excludes halogenated alkanes) is 1. The van der Waals surface area contributed by atoms with E-state index < -0.39 is 23.8 Å². The number of carbonyl (C=O) groups is 1. The number of hydrogen-bond donors (Lipinski definition) is 2. The molecular formula is C16H23F3N2O2. The van der Waals surface area contributed by atoms with Crippen molar-refractivity contribution >= 4 is 5.91 Å². The molecule has 0 bridgehead atoms. The maximum atomic E-state index is 12.9. The second-order valence-electron chi connectivity index (χ2n) is 5.34. The lowest BCUT2D eigenvalue weighted by Crippen LogP contribution is -2.45. The zero-order valence-electron chi connectivity index (χ0n) is 13.3. The topological polar surface area (TPSA) is 64.3 Å². The number of halogens is 3. The lowest BCUT2D eigenvalue weighted by atomic mass is 10.1. The zero-order chi connectivity index (χ0) is 17.5. The lowest BCUT2D eigenvalue weighted by Gasteiger charge is -2.21. The Bertz CT molecular complexity index is 506. The molecule has 0 aliphatic rings. The number of alkyl halides is 3. The molecule has 0 heterocycles. The number of para-hydroxylation sites is 1. The molecule has 7 heteroatoms. The summed E-state index contributed by atoms with van der Waals surface area (Å²) >= 11 is 0. The highest BCUT2D eigenvalue weighted by molar-refractivity contribution is 5.81. The minimum absolute atomic E-state index is 0.202. The van der Waals surface area contributed by atoms with Crippen LogP contribution in [-0.2, 0) is 11.0 Å². The summed E-state index contributed by atoms with van der Waals surface area (Å²) < 4.78 is 43.9. The van der Waals surface area contributed by atoms with Gasteiger partial charge in [0.15, 0.2) is 6.10 Å². The Hall–Kier alpha value is -1.76. The van der Waals surface area contributed by atoms with Crippen molar-refractivity contribution < 1.29 is 22.7 Å². The zero-order valence-corrected chi connectivity index (χ0v) is 13.3. The second-order valence-corrected chi connectivity index (χ2v) is 5.34. The normalized spacial score (nSPS) is 14.2. The highest BCUT2D eigenvalue weighted by atomic mass is 19.4. The van der Waals surface area contributed by atoms with Gasteiger partial charge in [-0.1, -0.05) is 31.9 Å². The van der Waals surface area contributed by atoms with Crippen LogP contribution in [0, 0.1) is 0 Å². The third-order valence-electron chi connectivity index (χ3n) is 3.40. The number of nitrogens with one attached hydrogen (secondary N) is 1. The first kappa shape index (κ1) is 19.3. The molecule has 2 atom stereocenters. The van der Waals surface area contributed by atoms with Crippen molar-refractivity contribution in [3.63, 3.8) is 0 Å². The molecule has 0 spiro atoms. The van der Waals surface area contributed by atoms with E-state index in [0.717, 1.165) is 25.3 Å². The predicted octanol–water partition coefficient (Wildman–Crippen LogP) is 3.11. The van der Waals surface area contributed by atoms with Crippen LogP contribution < -0.4 is 15.8 Å². The van der Waals surface area contributed by atoms with Gasteiger partial charge in [0.2, 0.25) is 0 Å². The SMILES string of the molecule is CCCCC(CN)NC(=O)C(C)Oc1ccccc1C(F)(F)F. The van der Waals surface area contributed by atoms with Crippen molar-refractivity contribution in [3.05, 3.63) is 29.8 Å². The van der Waals surface area contributed by atoms with Crippen molar-refractivity contribution in [1.29, 1.82) is 0 Å². The van der Waals surface area contributed by atoms with E-state index in [1.165, 1.54) is 25.1 Å². The van der Waals surface area contributed by atoms with Crippen molar-refractivity contribution in [3.8, 4) is 5.75 Å². The Balaban J connectivity index is 2.72. The van der Waals surface area contributed by atoms with Gasteiger partial charge in [0.1, 0.15) is 5.75 Å². The van der Waals surface area contributed by atoms with Gasteiger partial charge in [-0.25, -0.2) is 0 Å². The lowest BCUT2D eigenvalue weighted by molar-refractivity contribution is -0.140. The van der Waals surface area contributed by atoms with E-state index >= 15 is 0 Å². The van der Waals surface area contributed by atoms with E-state index in [1.54, 1.807) is 0 Å². The minimum Gasteiger partial charge on any atom is -0.480 e. The van der Waals surface area contributed by atoms with E-state index in [0.29, 0.717) is 0 Å². The molecule has 0 saturated heterocycles. The summed E-state index contributed by atoms with van der Waals surface area (Å²) in [6.45, 7) is 3.71. The molecule has 0 radical (unpaired) electrons. The molecule has 1 amide bonds. The Morgan fingerprint density at radius 1 is 1.35 bits per heavy atom. The summed E-state index contributed by atoms with van der Waals surface area (Å²) in [6.07, 6.45) is -2.97. The molecule has 1 rings (SSSR count). The molecule has 0 aromatic heterocycles. The molecule has 0 aliphatic carbocycles. The minimum atomic E-state index is -4.53. The first-order valence-corrected chi connectivity index (χ1v) is 7.62. The quantitative estimate of drug-likeness (QED) is 0.769. The average Bonchev–Trinajstić information content (AvgIpc) is 2.50. The fourth-order valence-corrected chi connectivity index (χ4v) is 2.07. The molecule has 0 saturated carbocycles. The van der Waals surface area contributed by atoms with Gasteiger partial charge in [0.05, 0.1) is 5.56 Å². The van der Waals surface area contributed by atoms with E-state index in [1.807, 2.05) is 6.92 Å². The third-order valence-corrected chi connectivity index (χ3v) is 3.40. The molecular weight excluding hydrogens is 309 g/mol. The Morgan fingerprint density at radius 3 is 2.57 bits per heavy atom. The molecule has 1 aromatic rings. The van der Waals surface area contributed by atoms with Crippen LogP contribution in [0.25, 0.3) is 0 Å². The standard InChI is InChI=1S/C16H23F3N2O2/c1-3-4-7-12(10-20)21-15(22)11(2)23-14-9-6-5-8-13(14)16(17,18)19/h5-6,8-9,11-12H,3-4,7,10,20H2,1-2H3,(H,21,22). The van der Waals surface area contributed by atoms with Gasteiger partial charge >= 0.3 is 6.18 Å². The monoisotopic (exact) mass is 332 g/mol. The predicted molar refractivity (Wildman–Crippen MR) is 82.0 cm³/mol. The Kier molecular flexibility index (Phi) is 7.35. The largest absolute Gasteiger partial charge is 0.480 e. The van der Waals surface area contributed by atoms with Crippen LogP contribution in [0.2, 0.25) is 0 Å². The van der Waals surface area contributed by atoms with Crippen LogP contribution in [0.4, 0.5) is 13.2 Å².